The Morgan fingerprint density at radius 1 is 1.11 bits per heavy atom. The molecule has 1 aromatic heterocycles. The van der Waals surface area contributed by atoms with Crippen LogP contribution in [0.25, 0.3) is 0 Å². The van der Waals surface area contributed by atoms with Crippen molar-refractivity contribution in [3.05, 3.63) is 64.1 Å². The molecule has 0 aliphatic carbocycles. The Bertz CT molecular complexity index is 942. The highest BCUT2D eigenvalue weighted by Crippen LogP contribution is 2.30. The third-order valence-electron chi connectivity index (χ3n) is 3.97. The zero-order valence-electron chi connectivity index (χ0n) is 16.0. The first-order valence-corrected chi connectivity index (χ1v) is 9.77. The number of rotatable bonds is 8. The number of methoxy groups -OCH3 is 1. The van der Waals surface area contributed by atoms with Crippen LogP contribution in [-0.4, -0.2) is 24.6 Å². The first kappa shape index (κ1) is 19.7. The summed E-state index contributed by atoms with van der Waals surface area (Å²) >= 11 is 1.51. The standard InChI is InChI=1S/C21H22N2O4S/c1-4-26-19-9-14(2)5-7-17(19)23-21(24)15-6-8-18(20(10-15)25-3)27-11-16-12-28-13-22-16/h5-10,12-13H,4,11H2,1-3H3,(H,23,24). The largest absolute Gasteiger partial charge is 0.493 e. The third kappa shape index (κ3) is 4.80. The van der Waals surface area contributed by atoms with Crippen molar-refractivity contribution >= 4 is 22.9 Å². The van der Waals surface area contributed by atoms with Crippen molar-refractivity contribution < 1.29 is 19.0 Å². The molecule has 0 unspecified atom stereocenters. The Morgan fingerprint density at radius 3 is 2.68 bits per heavy atom. The first-order valence-electron chi connectivity index (χ1n) is 8.83. The van der Waals surface area contributed by atoms with Crippen LogP contribution in [-0.2, 0) is 6.61 Å². The van der Waals surface area contributed by atoms with E-state index in [4.69, 9.17) is 14.2 Å². The molecule has 0 bridgehead atoms. The van der Waals surface area contributed by atoms with E-state index in [0.29, 0.717) is 41.7 Å². The minimum Gasteiger partial charge on any atom is -0.493 e. The van der Waals surface area contributed by atoms with Gasteiger partial charge in [-0.1, -0.05) is 6.07 Å². The monoisotopic (exact) mass is 398 g/mol. The van der Waals surface area contributed by atoms with E-state index in [1.165, 1.54) is 11.3 Å². The predicted molar refractivity (Wildman–Crippen MR) is 110 cm³/mol. The fraction of sp³-hybridized carbons (Fsp3) is 0.238. The van der Waals surface area contributed by atoms with Gasteiger partial charge in [-0.3, -0.25) is 4.79 Å². The number of hydrogen-bond donors (Lipinski definition) is 1. The molecule has 2 aromatic carbocycles. The van der Waals surface area contributed by atoms with Gasteiger partial charge in [-0.2, -0.15) is 0 Å². The second-order valence-corrected chi connectivity index (χ2v) is 6.74. The Labute approximate surface area is 168 Å². The number of carbonyl (C=O) groups is 1. The molecule has 146 valence electrons. The number of hydrogen-bond acceptors (Lipinski definition) is 6. The lowest BCUT2D eigenvalue weighted by molar-refractivity contribution is 0.102. The van der Waals surface area contributed by atoms with Gasteiger partial charge in [-0.05, 0) is 49.7 Å². The number of amides is 1. The summed E-state index contributed by atoms with van der Waals surface area (Å²) < 4.78 is 16.8. The van der Waals surface area contributed by atoms with Crippen LogP contribution < -0.4 is 19.5 Å². The zero-order valence-corrected chi connectivity index (χ0v) is 16.8. The number of carbonyl (C=O) groups excluding carboxylic acids is 1. The fourth-order valence-corrected chi connectivity index (χ4v) is 3.13. The first-order chi connectivity index (χ1) is 13.6. The van der Waals surface area contributed by atoms with Gasteiger partial charge >= 0.3 is 0 Å². The summed E-state index contributed by atoms with van der Waals surface area (Å²) in [4.78, 5) is 16.9. The summed E-state index contributed by atoms with van der Waals surface area (Å²) in [7, 11) is 1.54. The van der Waals surface area contributed by atoms with E-state index in [9.17, 15) is 4.79 Å². The summed E-state index contributed by atoms with van der Waals surface area (Å²) in [6, 6.07) is 10.7. The zero-order chi connectivity index (χ0) is 19.9. The molecule has 0 spiro atoms. The lowest BCUT2D eigenvalue weighted by atomic mass is 10.1. The number of anilines is 1. The van der Waals surface area contributed by atoms with Gasteiger partial charge in [0.15, 0.2) is 11.5 Å². The molecule has 28 heavy (non-hydrogen) atoms. The quantitative estimate of drug-likeness (QED) is 0.596. The Kier molecular flexibility index (Phi) is 6.49. The molecule has 0 saturated carbocycles. The molecular weight excluding hydrogens is 376 g/mol. The van der Waals surface area contributed by atoms with Crippen LogP contribution in [0.1, 0.15) is 28.5 Å². The van der Waals surface area contributed by atoms with Crippen molar-refractivity contribution in [2.45, 2.75) is 20.5 Å². The topological polar surface area (TPSA) is 69.7 Å². The predicted octanol–water partition coefficient (Wildman–Crippen LogP) is 4.69. The van der Waals surface area contributed by atoms with Crippen LogP contribution in [0.5, 0.6) is 17.2 Å². The minimum absolute atomic E-state index is 0.255. The highest BCUT2D eigenvalue weighted by atomic mass is 32.1. The van der Waals surface area contributed by atoms with Crippen molar-refractivity contribution in [2.24, 2.45) is 0 Å². The molecular formula is C21H22N2O4S. The third-order valence-corrected chi connectivity index (χ3v) is 4.61. The van der Waals surface area contributed by atoms with E-state index in [1.54, 1.807) is 30.8 Å². The minimum atomic E-state index is -0.255. The molecule has 3 aromatic rings. The van der Waals surface area contributed by atoms with Crippen molar-refractivity contribution in [2.75, 3.05) is 19.0 Å². The second-order valence-electron chi connectivity index (χ2n) is 6.02. The molecule has 1 amide bonds. The molecule has 0 aliphatic heterocycles. The number of aryl methyl sites for hydroxylation is 1. The highest BCUT2D eigenvalue weighted by molar-refractivity contribution is 7.07. The van der Waals surface area contributed by atoms with Gasteiger partial charge in [-0.25, -0.2) is 4.98 Å². The van der Waals surface area contributed by atoms with Crippen LogP contribution in [0.2, 0.25) is 0 Å². The fourth-order valence-electron chi connectivity index (χ4n) is 2.59. The Morgan fingerprint density at radius 2 is 1.96 bits per heavy atom. The van der Waals surface area contributed by atoms with Crippen molar-refractivity contribution in [3.8, 4) is 17.2 Å². The van der Waals surface area contributed by atoms with E-state index in [2.05, 4.69) is 10.3 Å². The molecule has 1 heterocycles. The normalized spacial score (nSPS) is 10.4. The summed E-state index contributed by atoms with van der Waals surface area (Å²) in [5, 5.41) is 4.82. The van der Waals surface area contributed by atoms with Crippen LogP contribution in [0.3, 0.4) is 0 Å². The molecule has 0 fully saturated rings. The molecule has 1 N–H and O–H groups in total. The smallest absolute Gasteiger partial charge is 0.255 e. The van der Waals surface area contributed by atoms with Gasteiger partial charge in [-0.15, -0.1) is 11.3 Å². The maximum atomic E-state index is 12.7. The summed E-state index contributed by atoms with van der Waals surface area (Å²) in [6.45, 7) is 4.74. The van der Waals surface area contributed by atoms with Gasteiger partial charge in [0.05, 0.1) is 30.6 Å². The maximum absolute atomic E-state index is 12.7. The number of benzene rings is 2. The van der Waals surface area contributed by atoms with Gasteiger partial charge < -0.3 is 19.5 Å². The average Bonchev–Trinajstić information content (AvgIpc) is 3.22. The maximum Gasteiger partial charge on any atom is 0.255 e. The highest BCUT2D eigenvalue weighted by Gasteiger charge is 2.14. The lowest BCUT2D eigenvalue weighted by Crippen LogP contribution is -2.13. The average molecular weight is 398 g/mol. The number of ether oxygens (including phenoxy) is 3. The molecule has 0 aliphatic rings. The van der Waals surface area contributed by atoms with Crippen molar-refractivity contribution in [3.63, 3.8) is 0 Å². The van der Waals surface area contributed by atoms with Gasteiger partial charge in [0.2, 0.25) is 0 Å². The van der Waals surface area contributed by atoms with Gasteiger partial charge in [0.1, 0.15) is 12.4 Å². The van der Waals surface area contributed by atoms with E-state index in [-0.39, 0.29) is 5.91 Å². The van der Waals surface area contributed by atoms with Crippen LogP contribution in [0.4, 0.5) is 5.69 Å². The molecule has 0 saturated heterocycles. The van der Waals surface area contributed by atoms with Gasteiger partial charge in [0, 0.05) is 10.9 Å². The summed E-state index contributed by atoms with van der Waals surface area (Å²) in [5.74, 6) is 1.43. The SMILES string of the molecule is CCOc1cc(C)ccc1NC(=O)c1ccc(OCc2cscn2)c(OC)c1. The number of nitrogens with zero attached hydrogens (tertiary/aromatic N) is 1. The van der Waals surface area contributed by atoms with Gasteiger partial charge in [0.25, 0.3) is 5.91 Å². The number of aromatic nitrogens is 1. The van der Waals surface area contributed by atoms with Crippen LogP contribution in [0.15, 0.2) is 47.3 Å². The molecule has 0 radical (unpaired) electrons. The van der Waals surface area contributed by atoms with E-state index in [0.717, 1.165) is 11.3 Å². The van der Waals surface area contributed by atoms with Crippen LogP contribution >= 0.6 is 11.3 Å². The summed E-state index contributed by atoms with van der Waals surface area (Å²) in [5.41, 5.74) is 4.74. The van der Waals surface area contributed by atoms with E-state index in [1.807, 2.05) is 37.4 Å². The van der Waals surface area contributed by atoms with E-state index >= 15 is 0 Å². The van der Waals surface area contributed by atoms with Crippen molar-refractivity contribution in [1.29, 1.82) is 0 Å². The Hall–Kier alpha value is -3.06. The Balaban J connectivity index is 1.75. The summed E-state index contributed by atoms with van der Waals surface area (Å²) in [6.07, 6.45) is 0. The van der Waals surface area contributed by atoms with Crippen LogP contribution in [0, 0.1) is 6.92 Å². The number of nitrogens with one attached hydrogen (secondary N) is 1. The molecule has 6 nitrogen and oxygen atoms in total. The molecule has 0 atom stereocenters. The number of thiazole rings is 1. The lowest BCUT2D eigenvalue weighted by Gasteiger charge is -2.14. The van der Waals surface area contributed by atoms with Crippen molar-refractivity contribution in [1.82, 2.24) is 4.98 Å². The second kappa shape index (κ2) is 9.23. The van der Waals surface area contributed by atoms with E-state index < -0.39 is 0 Å². The molecule has 7 heteroatoms. The molecule has 3 rings (SSSR count).